The SMILES string of the molecule is CCn1c(=O)/c(=C/Nc2ccc3c(c2)CC(=O)N3C2CCN(C)CC2)s/c1=C(\C#N)C(=O)NCC#N. The lowest BCUT2D eigenvalue weighted by Crippen LogP contribution is -2.45. The number of piperidine rings is 1. The van der Waals surface area contributed by atoms with E-state index in [0.29, 0.717) is 11.0 Å². The van der Waals surface area contributed by atoms with E-state index in [9.17, 15) is 19.6 Å². The molecule has 2 aliphatic rings. The summed E-state index contributed by atoms with van der Waals surface area (Å²) >= 11 is 1.03. The molecule has 186 valence electrons. The van der Waals surface area contributed by atoms with Gasteiger partial charge in [-0.1, -0.05) is 0 Å². The highest BCUT2D eigenvalue weighted by Gasteiger charge is 2.34. The maximum Gasteiger partial charge on any atom is 0.270 e. The fourth-order valence-electron chi connectivity index (χ4n) is 4.63. The molecule has 0 bridgehead atoms. The zero-order chi connectivity index (χ0) is 25.8. The van der Waals surface area contributed by atoms with Gasteiger partial charge < -0.3 is 20.4 Å². The number of hydrogen-bond donors (Lipinski definition) is 2. The van der Waals surface area contributed by atoms with Gasteiger partial charge in [0.15, 0.2) is 5.57 Å². The van der Waals surface area contributed by atoms with E-state index >= 15 is 0 Å². The second-order valence-electron chi connectivity index (χ2n) is 8.76. The van der Waals surface area contributed by atoms with Crippen LogP contribution in [-0.4, -0.2) is 54.0 Å². The number of nitrogens with one attached hydrogen (secondary N) is 2. The molecule has 0 aliphatic carbocycles. The highest BCUT2D eigenvalue weighted by molar-refractivity contribution is 7.07. The number of nitrogens with zero attached hydrogens (tertiary/aromatic N) is 5. The number of aromatic nitrogens is 1. The van der Waals surface area contributed by atoms with Crippen LogP contribution in [0, 0.1) is 22.7 Å². The fraction of sp³-hybridized carbons (Fsp3) is 0.400. The zero-order valence-corrected chi connectivity index (χ0v) is 21.0. The fourth-order valence-corrected chi connectivity index (χ4v) is 5.72. The van der Waals surface area contributed by atoms with E-state index in [0.717, 1.165) is 54.2 Å². The third-order valence-electron chi connectivity index (χ3n) is 6.48. The summed E-state index contributed by atoms with van der Waals surface area (Å²) in [6.45, 7) is 3.75. The summed E-state index contributed by atoms with van der Waals surface area (Å²) < 4.78 is 1.93. The Morgan fingerprint density at radius 3 is 2.67 bits per heavy atom. The molecule has 36 heavy (non-hydrogen) atoms. The molecule has 1 fully saturated rings. The van der Waals surface area contributed by atoms with Crippen LogP contribution in [0.5, 0.6) is 0 Å². The standard InChI is InChI=1S/C25H27N7O3S/c1-3-31-24(35)21(36-25(31)19(14-27)23(34)28-9-8-26)15-29-17-4-5-20-16(12-17)13-22(33)32(20)18-6-10-30(2)11-7-18/h4-5,12,15,18,29H,3,6-7,9-11,13H2,1-2H3,(H,28,34)/b21-15-,25-19+. The largest absolute Gasteiger partial charge is 0.360 e. The Bertz CT molecular complexity index is 1450. The first-order valence-electron chi connectivity index (χ1n) is 11.8. The number of carbonyl (C=O) groups is 2. The topological polar surface area (TPSA) is 134 Å². The third-order valence-corrected chi connectivity index (χ3v) is 7.61. The van der Waals surface area contributed by atoms with Crippen LogP contribution in [0.1, 0.15) is 25.3 Å². The van der Waals surface area contributed by atoms with Crippen molar-refractivity contribution in [1.82, 2.24) is 14.8 Å². The van der Waals surface area contributed by atoms with Gasteiger partial charge in [-0.05, 0) is 63.7 Å². The summed E-state index contributed by atoms with van der Waals surface area (Å²) in [6.07, 6.45) is 3.81. The molecule has 1 saturated heterocycles. The Kier molecular flexibility index (Phi) is 7.53. The zero-order valence-electron chi connectivity index (χ0n) is 20.2. The molecule has 0 radical (unpaired) electrons. The minimum atomic E-state index is -0.695. The number of amides is 2. The highest BCUT2D eigenvalue weighted by Crippen LogP contribution is 2.35. The van der Waals surface area contributed by atoms with Gasteiger partial charge in [0.05, 0.1) is 12.5 Å². The number of carbonyl (C=O) groups excluding carboxylic acids is 2. The van der Waals surface area contributed by atoms with E-state index in [1.165, 1.54) is 4.57 Å². The molecule has 0 saturated carbocycles. The lowest BCUT2D eigenvalue weighted by Gasteiger charge is -2.35. The molecule has 10 nitrogen and oxygen atoms in total. The minimum absolute atomic E-state index is 0.114. The van der Waals surface area contributed by atoms with Gasteiger partial charge in [0.25, 0.3) is 11.5 Å². The van der Waals surface area contributed by atoms with Gasteiger partial charge in [-0.3, -0.25) is 19.0 Å². The first-order chi connectivity index (χ1) is 17.4. The Hall–Kier alpha value is -3.93. The molecule has 1 aromatic carbocycles. The lowest BCUT2D eigenvalue weighted by molar-refractivity contribution is -0.118. The molecule has 0 unspecified atom stereocenters. The first-order valence-corrected chi connectivity index (χ1v) is 12.6. The first kappa shape index (κ1) is 25.2. The van der Waals surface area contributed by atoms with E-state index in [4.69, 9.17) is 5.26 Å². The molecule has 4 rings (SSSR count). The van der Waals surface area contributed by atoms with Crippen molar-refractivity contribution < 1.29 is 9.59 Å². The molecular formula is C25H27N7O3S. The molecule has 2 N–H and O–H groups in total. The summed E-state index contributed by atoms with van der Waals surface area (Å²) in [7, 11) is 2.10. The predicted molar refractivity (Wildman–Crippen MR) is 137 cm³/mol. The summed E-state index contributed by atoms with van der Waals surface area (Å²) in [4.78, 5) is 42.2. The van der Waals surface area contributed by atoms with E-state index in [-0.39, 0.29) is 40.8 Å². The number of fused-ring (bicyclic) bond motifs is 1. The second-order valence-corrected chi connectivity index (χ2v) is 9.79. The van der Waals surface area contributed by atoms with E-state index in [1.54, 1.807) is 19.2 Å². The smallest absolute Gasteiger partial charge is 0.270 e. The van der Waals surface area contributed by atoms with Gasteiger partial charge in [-0.15, -0.1) is 11.3 Å². The molecule has 0 spiro atoms. The number of likely N-dealkylation sites (tertiary alicyclic amines) is 1. The summed E-state index contributed by atoms with van der Waals surface area (Å²) in [6, 6.07) is 9.61. The number of nitriles is 2. The van der Waals surface area contributed by atoms with Crippen molar-refractivity contribution in [2.45, 2.75) is 38.8 Å². The Morgan fingerprint density at radius 1 is 1.25 bits per heavy atom. The number of thiazole rings is 1. The quantitative estimate of drug-likeness (QED) is 0.531. The van der Waals surface area contributed by atoms with Gasteiger partial charge in [0.2, 0.25) is 5.91 Å². The van der Waals surface area contributed by atoms with Crippen LogP contribution >= 0.6 is 11.3 Å². The van der Waals surface area contributed by atoms with E-state index in [1.807, 2.05) is 29.2 Å². The summed E-state index contributed by atoms with van der Waals surface area (Å²) in [5, 5.41) is 23.7. The molecule has 2 aliphatic heterocycles. The normalized spacial score (nSPS) is 17.4. The van der Waals surface area contributed by atoms with Crippen molar-refractivity contribution in [3.63, 3.8) is 0 Å². The van der Waals surface area contributed by atoms with Crippen molar-refractivity contribution in [1.29, 1.82) is 10.5 Å². The third kappa shape index (κ3) is 4.89. The number of rotatable bonds is 6. The van der Waals surface area contributed by atoms with Gasteiger partial charge in [0, 0.05) is 30.2 Å². The Morgan fingerprint density at radius 2 is 2.00 bits per heavy atom. The van der Waals surface area contributed by atoms with Crippen LogP contribution in [0.15, 0.2) is 23.0 Å². The molecule has 0 atom stereocenters. The van der Waals surface area contributed by atoms with Crippen LogP contribution in [0.4, 0.5) is 11.4 Å². The number of benzene rings is 1. The van der Waals surface area contributed by atoms with Crippen LogP contribution in [0.25, 0.3) is 11.8 Å². The van der Waals surface area contributed by atoms with Crippen molar-refractivity contribution in [3.05, 3.63) is 43.3 Å². The van der Waals surface area contributed by atoms with Gasteiger partial charge in [0.1, 0.15) is 21.8 Å². The van der Waals surface area contributed by atoms with Crippen molar-refractivity contribution in [3.8, 4) is 12.1 Å². The van der Waals surface area contributed by atoms with Crippen LogP contribution in [0.2, 0.25) is 0 Å². The average Bonchev–Trinajstić information content (AvgIpc) is 3.37. The van der Waals surface area contributed by atoms with Gasteiger partial charge in [-0.25, -0.2) is 0 Å². The van der Waals surface area contributed by atoms with Gasteiger partial charge in [-0.2, -0.15) is 10.5 Å². The lowest BCUT2D eigenvalue weighted by atomic mass is 10.0. The van der Waals surface area contributed by atoms with Crippen molar-refractivity contribution >= 4 is 46.3 Å². The number of anilines is 2. The molecular weight excluding hydrogens is 478 g/mol. The second kappa shape index (κ2) is 10.8. The Labute approximate surface area is 212 Å². The van der Waals surface area contributed by atoms with Crippen LogP contribution in [0.3, 0.4) is 0 Å². The molecule has 3 heterocycles. The molecule has 1 aromatic heterocycles. The predicted octanol–water partition coefficient (Wildman–Crippen LogP) is 0.0772. The highest BCUT2D eigenvalue weighted by atomic mass is 32.1. The molecule has 2 aromatic rings. The maximum atomic E-state index is 12.9. The Balaban J connectivity index is 1.62. The van der Waals surface area contributed by atoms with Crippen LogP contribution < -0.4 is 30.3 Å². The van der Waals surface area contributed by atoms with E-state index in [2.05, 4.69) is 22.6 Å². The summed E-state index contributed by atoms with van der Waals surface area (Å²) in [5.74, 6) is -0.580. The van der Waals surface area contributed by atoms with Crippen LogP contribution in [-0.2, 0) is 22.6 Å². The monoisotopic (exact) mass is 505 g/mol. The maximum absolute atomic E-state index is 12.9. The summed E-state index contributed by atoms with van der Waals surface area (Å²) in [5.41, 5.74) is 2.10. The minimum Gasteiger partial charge on any atom is -0.360 e. The van der Waals surface area contributed by atoms with Gasteiger partial charge >= 0.3 is 0 Å². The van der Waals surface area contributed by atoms with E-state index < -0.39 is 5.91 Å². The van der Waals surface area contributed by atoms with Crippen molar-refractivity contribution in [2.24, 2.45) is 0 Å². The average molecular weight is 506 g/mol. The van der Waals surface area contributed by atoms with Crippen molar-refractivity contribution in [2.75, 3.05) is 36.9 Å². The number of hydrogen-bond acceptors (Lipinski definition) is 8. The molecule has 2 amide bonds. The molecule has 11 heteroatoms.